The third-order valence-electron chi connectivity index (χ3n) is 14.7. The molecule has 2 amide bonds. The van der Waals surface area contributed by atoms with Crippen LogP contribution in [0.5, 0.6) is 0 Å². The molecule has 7 aliphatic rings. The number of hydroxylamine groups is 2. The summed E-state index contributed by atoms with van der Waals surface area (Å²) in [6.45, 7) is 10.3. The Labute approximate surface area is 300 Å². The van der Waals surface area contributed by atoms with Gasteiger partial charge < -0.3 is 35.2 Å². The second kappa shape index (κ2) is 15.9. The van der Waals surface area contributed by atoms with Gasteiger partial charge in [0.1, 0.15) is 12.1 Å². The molecule has 6 unspecified atom stereocenters. The maximum atomic E-state index is 14.3. The Balaban J connectivity index is 1.15. The van der Waals surface area contributed by atoms with E-state index in [1.807, 2.05) is 0 Å². The van der Waals surface area contributed by atoms with Crippen LogP contribution in [0.2, 0.25) is 0 Å². The molecule has 0 aromatic rings. The Morgan fingerprint density at radius 2 is 1.84 bits per heavy atom. The number of methoxy groups -OCH3 is 1. The van der Waals surface area contributed by atoms with Crippen molar-refractivity contribution in [2.75, 3.05) is 47.5 Å². The molecule has 15 atom stereocenters. The van der Waals surface area contributed by atoms with E-state index in [1.165, 1.54) is 6.42 Å². The van der Waals surface area contributed by atoms with Gasteiger partial charge in [-0.3, -0.25) is 14.4 Å². The van der Waals surface area contributed by atoms with Crippen molar-refractivity contribution in [3.63, 3.8) is 0 Å². The minimum Gasteiger partial charge on any atom is -0.394 e. The number of aliphatic hydroxyl groups is 2. The highest BCUT2D eigenvalue weighted by atomic mass is 16.7. The van der Waals surface area contributed by atoms with Crippen molar-refractivity contribution in [2.24, 2.45) is 52.8 Å². The summed E-state index contributed by atoms with van der Waals surface area (Å²) in [6, 6.07) is -0.286. The minimum atomic E-state index is -0.824. The van der Waals surface area contributed by atoms with Gasteiger partial charge in [0, 0.05) is 56.6 Å². The number of aliphatic hydroxyl groups excluding tert-OH is 2. The zero-order valence-electron chi connectivity index (χ0n) is 31.9. The lowest BCUT2D eigenvalue weighted by Crippen LogP contribution is -2.62. The molecule has 286 valence electrons. The van der Waals surface area contributed by atoms with Crippen molar-refractivity contribution in [2.45, 2.75) is 134 Å². The second-order valence-corrected chi connectivity index (χ2v) is 18.0. The van der Waals surface area contributed by atoms with Gasteiger partial charge in [-0.05, 0) is 114 Å². The average Bonchev–Trinajstić information content (AvgIpc) is 3.75. The third-order valence-corrected chi connectivity index (χ3v) is 14.7. The third kappa shape index (κ3) is 7.66. The number of amides is 2. The molecule has 7 fully saturated rings. The van der Waals surface area contributed by atoms with Crippen LogP contribution in [0, 0.1) is 52.8 Å². The summed E-state index contributed by atoms with van der Waals surface area (Å²) >= 11 is 0. The maximum Gasteiger partial charge on any atom is 0.240 e. The molecule has 4 N–H and O–H groups in total. The second-order valence-electron chi connectivity index (χ2n) is 18.0. The molecule has 11 nitrogen and oxygen atoms in total. The largest absolute Gasteiger partial charge is 0.394 e. The topological polar surface area (TPSA) is 133 Å². The van der Waals surface area contributed by atoms with Crippen molar-refractivity contribution in [3.8, 4) is 0 Å². The van der Waals surface area contributed by atoms with Gasteiger partial charge in [-0.2, -0.15) is 5.06 Å². The van der Waals surface area contributed by atoms with Crippen LogP contribution in [0.25, 0.3) is 0 Å². The fourth-order valence-electron chi connectivity index (χ4n) is 11.6. The summed E-state index contributed by atoms with van der Waals surface area (Å²) in [5.74, 6) is 1.76. The first kappa shape index (κ1) is 38.4. The molecule has 7 rings (SSSR count). The maximum absolute atomic E-state index is 14.3. The number of carbonyl (C=O) groups excluding carboxylic acids is 2. The van der Waals surface area contributed by atoms with Gasteiger partial charge in [0.15, 0.2) is 0 Å². The predicted molar refractivity (Wildman–Crippen MR) is 191 cm³/mol. The van der Waals surface area contributed by atoms with Crippen molar-refractivity contribution in [1.82, 2.24) is 20.6 Å². The van der Waals surface area contributed by atoms with Crippen molar-refractivity contribution >= 4 is 11.8 Å². The highest BCUT2D eigenvalue weighted by Crippen LogP contribution is 2.61. The van der Waals surface area contributed by atoms with E-state index in [0.29, 0.717) is 48.2 Å². The fourth-order valence-corrected chi connectivity index (χ4v) is 11.6. The first-order chi connectivity index (χ1) is 23.8. The van der Waals surface area contributed by atoms with Crippen molar-refractivity contribution < 1.29 is 34.1 Å². The van der Waals surface area contributed by atoms with Crippen LogP contribution in [0.3, 0.4) is 0 Å². The summed E-state index contributed by atoms with van der Waals surface area (Å²) in [5, 5.41) is 29.7. The van der Waals surface area contributed by atoms with E-state index in [1.54, 1.807) is 19.1 Å². The van der Waals surface area contributed by atoms with Crippen LogP contribution < -0.4 is 10.6 Å². The number of fused-ring (bicyclic) bond motifs is 2. The molecule has 2 aliphatic heterocycles. The van der Waals surface area contributed by atoms with Gasteiger partial charge in [-0.15, -0.1) is 0 Å². The number of hydrogen-bond donors (Lipinski definition) is 4. The van der Waals surface area contributed by atoms with E-state index < -0.39 is 24.2 Å². The van der Waals surface area contributed by atoms with Crippen LogP contribution in [0.15, 0.2) is 0 Å². The number of hydrogen-bond acceptors (Lipinski definition) is 9. The number of nitrogens with zero attached hydrogens (tertiary/aromatic N) is 2. The minimum absolute atomic E-state index is 0.0497. The Bertz CT molecular complexity index is 1160. The number of nitrogens with one attached hydrogen (secondary N) is 2. The van der Waals surface area contributed by atoms with Crippen molar-refractivity contribution in [3.05, 3.63) is 0 Å². The summed E-state index contributed by atoms with van der Waals surface area (Å²) in [5.41, 5.74) is 0.319. The molecule has 50 heavy (non-hydrogen) atoms. The standard InChI is InChI=1S/C39H68N4O7/c1-22-31-17-27(39(31,3)4)18-32(22)41-38(47)35-34(23(2)45)33(21-44)50-43(35)20-24-10-8-12-30(36(24)48-7)25-14-26(16-28(15-25)42(5)6)37(46)40-19-29-11-9-13-49-29/h22-36,44-45H,8-21H2,1-7H3,(H,40,46)(H,41,47)/t22-,23-,24?,25?,26?,27+,28?,29+,30?,31-,32-,33-,34-,35-,36?/m0/s1. The molecular weight excluding hydrogens is 636 g/mol. The average molecular weight is 705 g/mol. The zero-order chi connectivity index (χ0) is 35.9. The van der Waals surface area contributed by atoms with E-state index in [9.17, 15) is 19.8 Å². The Morgan fingerprint density at radius 1 is 1.06 bits per heavy atom. The van der Waals surface area contributed by atoms with E-state index in [2.05, 4.69) is 50.4 Å². The van der Waals surface area contributed by atoms with E-state index in [0.717, 1.165) is 64.4 Å². The SMILES string of the molecule is COC1C(CN2O[C@@H](CO)[C@H]([C@H](C)O)[C@H]2C(=O)N[C@H]2C[C@H]3C[C@@H]([C@@H]2C)C3(C)C)CCCC1C1CC(C(=O)NC[C@H]2CCCO2)CC(N(C)C)C1. The fraction of sp³-hybridized carbons (Fsp3) is 0.949. The number of rotatable bonds is 12. The zero-order valence-corrected chi connectivity index (χ0v) is 31.9. The lowest BCUT2D eigenvalue weighted by Gasteiger charge is -2.62. The Hall–Kier alpha value is -1.34. The van der Waals surface area contributed by atoms with E-state index >= 15 is 0 Å². The first-order valence-electron chi connectivity index (χ1n) is 19.9. The Morgan fingerprint density at radius 3 is 2.46 bits per heavy atom. The van der Waals surface area contributed by atoms with Gasteiger partial charge >= 0.3 is 0 Å². The lowest BCUT2D eigenvalue weighted by molar-refractivity contribution is -0.193. The summed E-state index contributed by atoms with van der Waals surface area (Å²) in [6.07, 6.45) is 8.63. The molecule has 11 heteroatoms. The van der Waals surface area contributed by atoms with Crippen LogP contribution in [0.1, 0.15) is 91.9 Å². The van der Waals surface area contributed by atoms with Crippen molar-refractivity contribution in [1.29, 1.82) is 0 Å². The van der Waals surface area contributed by atoms with Gasteiger partial charge in [-0.25, -0.2) is 0 Å². The summed E-state index contributed by atoms with van der Waals surface area (Å²) in [4.78, 5) is 36.5. The molecule has 0 radical (unpaired) electrons. The van der Waals surface area contributed by atoms with Gasteiger partial charge in [0.25, 0.3) is 0 Å². The molecule has 5 aliphatic carbocycles. The van der Waals surface area contributed by atoms with Gasteiger partial charge in [0.2, 0.25) is 11.8 Å². The molecule has 2 heterocycles. The number of carbonyl (C=O) groups is 2. The van der Waals surface area contributed by atoms with Crippen LogP contribution >= 0.6 is 0 Å². The smallest absolute Gasteiger partial charge is 0.240 e. The lowest BCUT2D eigenvalue weighted by atomic mass is 9.45. The molecular formula is C39H68N4O7. The highest BCUT2D eigenvalue weighted by Gasteiger charge is 2.58. The molecule has 2 saturated heterocycles. The summed E-state index contributed by atoms with van der Waals surface area (Å²) in [7, 11) is 6.04. The summed E-state index contributed by atoms with van der Waals surface area (Å²) < 4.78 is 12.1. The van der Waals surface area contributed by atoms with E-state index in [4.69, 9.17) is 14.3 Å². The first-order valence-corrected chi connectivity index (χ1v) is 19.9. The predicted octanol–water partition coefficient (Wildman–Crippen LogP) is 3.22. The molecule has 5 saturated carbocycles. The quantitative estimate of drug-likeness (QED) is 0.242. The van der Waals surface area contributed by atoms with E-state index in [-0.39, 0.29) is 54.4 Å². The van der Waals surface area contributed by atoms with Crippen LogP contribution in [-0.4, -0.2) is 122 Å². The van der Waals surface area contributed by atoms with Crippen LogP contribution in [0.4, 0.5) is 0 Å². The van der Waals surface area contributed by atoms with Gasteiger partial charge in [0.05, 0.1) is 24.9 Å². The number of ether oxygens (including phenoxy) is 2. The monoisotopic (exact) mass is 705 g/mol. The molecule has 0 aromatic heterocycles. The normalized spacial score (nSPS) is 43.7. The Kier molecular flexibility index (Phi) is 12.2. The molecule has 0 aromatic carbocycles. The van der Waals surface area contributed by atoms with Crippen LogP contribution in [-0.2, 0) is 23.9 Å². The highest BCUT2D eigenvalue weighted by molar-refractivity contribution is 5.83. The van der Waals surface area contributed by atoms with Gasteiger partial charge in [-0.1, -0.05) is 27.2 Å². The molecule has 2 bridgehead atoms. The molecule has 0 spiro atoms.